The third kappa shape index (κ3) is 5.13. The lowest BCUT2D eigenvalue weighted by Gasteiger charge is -2.15. The quantitative estimate of drug-likeness (QED) is 0.589. The lowest BCUT2D eigenvalue weighted by atomic mass is 10.2. The second kappa shape index (κ2) is 8.48. The van der Waals surface area contributed by atoms with Crippen LogP contribution in [0.25, 0.3) is 0 Å². The largest absolute Gasteiger partial charge is 0.494 e. The summed E-state index contributed by atoms with van der Waals surface area (Å²) in [6.07, 6.45) is -3.91. The molecule has 0 aliphatic carbocycles. The van der Waals surface area contributed by atoms with Crippen molar-refractivity contribution in [3.63, 3.8) is 0 Å². The van der Waals surface area contributed by atoms with E-state index in [1.54, 1.807) is 48.5 Å². The molecule has 0 fully saturated rings. The Labute approximate surface area is 165 Å². The monoisotopic (exact) mass is 399 g/mol. The second-order valence-electron chi connectivity index (χ2n) is 5.85. The highest BCUT2D eigenvalue weighted by Gasteiger charge is 2.35. The standard InChI is InChI=1S/C20H16F3N5O/c1-2-29-16-9-7-14(8-10-16)26-18-17(20(21,22)23)12-25-19(28-18)27-15-5-3-13(11-24)4-6-15/h3-10,12H,2H2,1H3,(H2,25,26,27,28). The Morgan fingerprint density at radius 3 is 2.21 bits per heavy atom. The van der Waals surface area contributed by atoms with Crippen molar-refractivity contribution >= 4 is 23.1 Å². The summed E-state index contributed by atoms with van der Waals surface area (Å²) in [4.78, 5) is 7.74. The zero-order valence-electron chi connectivity index (χ0n) is 15.3. The Hall–Kier alpha value is -3.80. The molecule has 29 heavy (non-hydrogen) atoms. The number of halogens is 3. The van der Waals surface area contributed by atoms with Gasteiger partial charge in [0.1, 0.15) is 17.1 Å². The maximum atomic E-state index is 13.4. The summed E-state index contributed by atoms with van der Waals surface area (Å²) in [5.41, 5.74) is 0.427. The van der Waals surface area contributed by atoms with Gasteiger partial charge in [-0.2, -0.15) is 23.4 Å². The van der Waals surface area contributed by atoms with Crippen LogP contribution < -0.4 is 15.4 Å². The van der Waals surface area contributed by atoms with Crippen LogP contribution in [0.4, 0.5) is 36.3 Å². The number of hydrogen-bond donors (Lipinski definition) is 2. The number of nitrogens with one attached hydrogen (secondary N) is 2. The number of aromatic nitrogens is 2. The van der Waals surface area contributed by atoms with Gasteiger partial charge in [-0.3, -0.25) is 0 Å². The predicted molar refractivity (Wildman–Crippen MR) is 102 cm³/mol. The van der Waals surface area contributed by atoms with Crippen molar-refractivity contribution in [2.45, 2.75) is 13.1 Å². The Bertz CT molecular complexity index is 1010. The molecule has 9 heteroatoms. The van der Waals surface area contributed by atoms with Gasteiger partial charge in [0.25, 0.3) is 0 Å². The summed E-state index contributed by atoms with van der Waals surface area (Å²) in [6.45, 7) is 2.33. The molecule has 1 aromatic heterocycles. The molecule has 0 saturated heterocycles. The first-order valence-electron chi connectivity index (χ1n) is 8.60. The van der Waals surface area contributed by atoms with E-state index >= 15 is 0 Å². The topological polar surface area (TPSA) is 82.9 Å². The van der Waals surface area contributed by atoms with Crippen molar-refractivity contribution in [3.8, 4) is 11.8 Å². The molecule has 0 radical (unpaired) electrons. The van der Waals surface area contributed by atoms with Gasteiger partial charge in [-0.15, -0.1) is 0 Å². The van der Waals surface area contributed by atoms with Crippen LogP contribution in [0.15, 0.2) is 54.7 Å². The SMILES string of the molecule is CCOc1ccc(Nc2nc(Nc3ccc(C#N)cc3)ncc2C(F)(F)F)cc1. The van der Waals surface area contributed by atoms with E-state index in [1.807, 2.05) is 13.0 Å². The maximum Gasteiger partial charge on any atom is 0.421 e. The molecule has 0 spiro atoms. The highest BCUT2D eigenvalue weighted by Crippen LogP contribution is 2.35. The molecular weight excluding hydrogens is 383 g/mol. The smallest absolute Gasteiger partial charge is 0.421 e. The molecule has 1 heterocycles. The van der Waals surface area contributed by atoms with Crippen molar-refractivity contribution in [3.05, 3.63) is 65.9 Å². The Balaban J connectivity index is 1.88. The normalized spacial score (nSPS) is 10.9. The van der Waals surface area contributed by atoms with Crippen LogP contribution >= 0.6 is 0 Å². The first kappa shape index (κ1) is 19.9. The summed E-state index contributed by atoms with van der Waals surface area (Å²) in [5.74, 6) is 0.212. The summed E-state index contributed by atoms with van der Waals surface area (Å²) in [5, 5.41) is 14.3. The van der Waals surface area contributed by atoms with E-state index in [4.69, 9.17) is 10.00 Å². The summed E-state index contributed by atoms with van der Waals surface area (Å²) in [7, 11) is 0. The lowest BCUT2D eigenvalue weighted by molar-refractivity contribution is -0.137. The van der Waals surface area contributed by atoms with Crippen molar-refractivity contribution in [2.75, 3.05) is 17.2 Å². The highest BCUT2D eigenvalue weighted by molar-refractivity contribution is 5.63. The van der Waals surface area contributed by atoms with E-state index in [-0.39, 0.29) is 11.8 Å². The molecule has 0 atom stereocenters. The summed E-state index contributed by atoms with van der Waals surface area (Å²) < 4.78 is 45.4. The van der Waals surface area contributed by atoms with Crippen molar-refractivity contribution in [1.29, 1.82) is 5.26 Å². The van der Waals surface area contributed by atoms with Crippen molar-refractivity contribution in [2.24, 2.45) is 0 Å². The fourth-order valence-electron chi connectivity index (χ4n) is 2.44. The zero-order chi connectivity index (χ0) is 20.9. The molecule has 6 nitrogen and oxygen atoms in total. The van der Waals surface area contributed by atoms with Gasteiger partial charge in [-0.25, -0.2) is 4.98 Å². The van der Waals surface area contributed by atoms with E-state index in [0.717, 1.165) is 6.20 Å². The van der Waals surface area contributed by atoms with Crippen LogP contribution in [0, 0.1) is 11.3 Å². The fourth-order valence-corrected chi connectivity index (χ4v) is 2.44. The van der Waals surface area contributed by atoms with E-state index in [2.05, 4.69) is 20.6 Å². The first-order chi connectivity index (χ1) is 13.9. The number of rotatable bonds is 6. The molecule has 0 amide bonds. The number of nitriles is 1. The van der Waals surface area contributed by atoms with Gasteiger partial charge < -0.3 is 15.4 Å². The lowest BCUT2D eigenvalue weighted by Crippen LogP contribution is -2.12. The third-order valence-corrected chi connectivity index (χ3v) is 3.79. The molecule has 3 aromatic rings. The van der Waals surface area contributed by atoms with Gasteiger partial charge in [0, 0.05) is 17.6 Å². The van der Waals surface area contributed by atoms with Crippen LogP contribution in [0.2, 0.25) is 0 Å². The van der Waals surface area contributed by atoms with Gasteiger partial charge in [0.15, 0.2) is 0 Å². The summed E-state index contributed by atoms with van der Waals surface area (Å²) >= 11 is 0. The molecule has 0 saturated carbocycles. The summed E-state index contributed by atoms with van der Waals surface area (Å²) in [6, 6.07) is 14.9. The molecule has 0 bridgehead atoms. The number of benzene rings is 2. The first-order valence-corrected chi connectivity index (χ1v) is 8.60. The Morgan fingerprint density at radius 2 is 1.62 bits per heavy atom. The average Bonchev–Trinajstić information content (AvgIpc) is 2.69. The van der Waals surface area contributed by atoms with Gasteiger partial charge in [0.2, 0.25) is 5.95 Å². The van der Waals surface area contributed by atoms with E-state index < -0.39 is 11.7 Å². The molecule has 0 aliphatic heterocycles. The minimum atomic E-state index is -4.62. The Morgan fingerprint density at radius 1 is 1.00 bits per heavy atom. The van der Waals surface area contributed by atoms with E-state index in [0.29, 0.717) is 29.3 Å². The second-order valence-corrected chi connectivity index (χ2v) is 5.85. The van der Waals surface area contributed by atoms with Gasteiger partial charge in [-0.1, -0.05) is 0 Å². The molecule has 0 aliphatic rings. The molecule has 2 N–H and O–H groups in total. The van der Waals surface area contributed by atoms with Crippen LogP contribution in [0.1, 0.15) is 18.1 Å². The van der Waals surface area contributed by atoms with Gasteiger partial charge >= 0.3 is 6.18 Å². The number of alkyl halides is 3. The third-order valence-electron chi connectivity index (χ3n) is 3.79. The molecule has 3 rings (SSSR count). The molecular formula is C20H16F3N5O. The minimum Gasteiger partial charge on any atom is -0.494 e. The zero-order valence-corrected chi connectivity index (χ0v) is 15.3. The van der Waals surface area contributed by atoms with Crippen LogP contribution in [-0.2, 0) is 6.18 Å². The number of nitrogens with zero attached hydrogens (tertiary/aromatic N) is 3. The highest BCUT2D eigenvalue weighted by atomic mass is 19.4. The fraction of sp³-hybridized carbons (Fsp3) is 0.150. The number of ether oxygens (including phenoxy) is 1. The van der Waals surface area contributed by atoms with Gasteiger partial charge in [-0.05, 0) is 55.5 Å². The number of hydrogen-bond acceptors (Lipinski definition) is 6. The Kier molecular flexibility index (Phi) is 5.83. The van der Waals surface area contributed by atoms with Crippen LogP contribution in [0.3, 0.4) is 0 Å². The maximum absolute atomic E-state index is 13.4. The average molecular weight is 399 g/mol. The predicted octanol–water partition coefficient (Wildman–Crippen LogP) is 5.25. The van der Waals surface area contributed by atoms with E-state index in [1.165, 1.54) is 0 Å². The van der Waals surface area contributed by atoms with Crippen LogP contribution in [0.5, 0.6) is 5.75 Å². The number of anilines is 4. The molecule has 0 unspecified atom stereocenters. The minimum absolute atomic E-state index is 0.0175. The van der Waals surface area contributed by atoms with E-state index in [9.17, 15) is 13.2 Å². The van der Waals surface area contributed by atoms with Gasteiger partial charge in [0.05, 0.1) is 18.2 Å². The van der Waals surface area contributed by atoms with Crippen molar-refractivity contribution < 1.29 is 17.9 Å². The molecule has 2 aromatic carbocycles. The van der Waals surface area contributed by atoms with Crippen molar-refractivity contribution in [1.82, 2.24) is 9.97 Å². The molecule has 148 valence electrons. The van der Waals surface area contributed by atoms with Crippen LogP contribution in [-0.4, -0.2) is 16.6 Å².